The fourth-order valence-electron chi connectivity index (χ4n) is 1.92. The number of benzene rings is 1. The minimum Gasteiger partial charge on any atom is -0.368 e. The van der Waals surface area contributed by atoms with E-state index in [0.717, 1.165) is 11.1 Å². The van der Waals surface area contributed by atoms with Gasteiger partial charge in [0, 0.05) is 6.54 Å². The van der Waals surface area contributed by atoms with E-state index >= 15 is 0 Å². The summed E-state index contributed by atoms with van der Waals surface area (Å²) in [6.45, 7) is 3.95. The number of nitrogens with one attached hydrogen (secondary N) is 1. The van der Waals surface area contributed by atoms with Gasteiger partial charge in [0.15, 0.2) is 0 Å². The Labute approximate surface area is 116 Å². The lowest BCUT2D eigenvalue weighted by Crippen LogP contribution is -2.10. The molecule has 0 atom stereocenters. The highest BCUT2D eigenvalue weighted by molar-refractivity contribution is 5.60. The van der Waals surface area contributed by atoms with E-state index in [9.17, 15) is 10.1 Å². The number of nitrogen functional groups attached to an aromatic ring is 1. The fourth-order valence-corrected chi connectivity index (χ4v) is 1.92. The molecule has 0 fully saturated rings. The lowest BCUT2D eigenvalue weighted by Gasteiger charge is -2.09. The maximum Gasteiger partial charge on any atom is 0.332 e. The molecule has 3 N–H and O–H groups in total. The van der Waals surface area contributed by atoms with Gasteiger partial charge >= 0.3 is 5.69 Å². The van der Waals surface area contributed by atoms with E-state index in [-0.39, 0.29) is 23.1 Å². The Hall–Kier alpha value is -2.70. The molecular formula is C13H15N5O2. The minimum atomic E-state index is -0.505. The van der Waals surface area contributed by atoms with Gasteiger partial charge in [0.1, 0.15) is 5.69 Å². The molecule has 7 nitrogen and oxygen atoms in total. The molecule has 0 amide bonds. The Morgan fingerprint density at radius 2 is 2.00 bits per heavy atom. The molecule has 0 aliphatic heterocycles. The van der Waals surface area contributed by atoms with Gasteiger partial charge in [-0.1, -0.05) is 24.3 Å². The van der Waals surface area contributed by atoms with Gasteiger partial charge in [-0.3, -0.25) is 10.1 Å². The Bertz CT molecular complexity index is 657. The highest BCUT2D eigenvalue weighted by atomic mass is 16.6. The van der Waals surface area contributed by atoms with Crippen molar-refractivity contribution in [1.82, 2.24) is 9.97 Å². The maximum absolute atomic E-state index is 11.1. The number of nitrogens with zero attached hydrogens (tertiary/aromatic N) is 3. The zero-order valence-electron chi connectivity index (χ0n) is 11.3. The first-order chi connectivity index (χ1) is 9.49. The van der Waals surface area contributed by atoms with Crippen LogP contribution in [0, 0.1) is 24.0 Å². The largest absolute Gasteiger partial charge is 0.368 e. The first-order valence-corrected chi connectivity index (χ1v) is 6.06. The highest BCUT2D eigenvalue weighted by Gasteiger charge is 2.21. The predicted octanol–water partition coefficient (Wildman–Crippen LogP) is 2.20. The second-order valence-corrected chi connectivity index (χ2v) is 4.40. The molecule has 2 rings (SSSR count). The molecule has 7 heteroatoms. The lowest BCUT2D eigenvalue weighted by molar-refractivity contribution is -0.385. The van der Waals surface area contributed by atoms with E-state index in [1.54, 1.807) is 0 Å². The van der Waals surface area contributed by atoms with Crippen LogP contribution in [0.3, 0.4) is 0 Å². The van der Waals surface area contributed by atoms with Crippen molar-refractivity contribution in [3.05, 3.63) is 51.2 Å². The zero-order valence-corrected chi connectivity index (χ0v) is 11.3. The summed E-state index contributed by atoms with van der Waals surface area (Å²) in [5.41, 5.74) is 7.78. The van der Waals surface area contributed by atoms with Crippen molar-refractivity contribution in [2.24, 2.45) is 0 Å². The molecule has 0 spiro atoms. The molecule has 0 bridgehead atoms. The Morgan fingerprint density at radius 1 is 1.30 bits per heavy atom. The summed E-state index contributed by atoms with van der Waals surface area (Å²) in [7, 11) is 0. The van der Waals surface area contributed by atoms with Crippen molar-refractivity contribution in [3.8, 4) is 0 Å². The zero-order chi connectivity index (χ0) is 14.7. The number of rotatable bonds is 4. The van der Waals surface area contributed by atoms with Crippen LogP contribution in [0.4, 0.5) is 17.5 Å². The summed E-state index contributed by atoms with van der Waals surface area (Å²) in [4.78, 5) is 18.3. The van der Waals surface area contributed by atoms with Crippen LogP contribution in [-0.2, 0) is 6.54 Å². The van der Waals surface area contributed by atoms with E-state index in [1.165, 1.54) is 6.92 Å². The molecule has 0 saturated carbocycles. The third kappa shape index (κ3) is 2.82. The molecule has 1 aromatic heterocycles. The topological polar surface area (TPSA) is 107 Å². The van der Waals surface area contributed by atoms with E-state index in [0.29, 0.717) is 6.54 Å². The lowest BCUT2D eigenvalue weighted by atomic mass is 10.1. The Morgan fingerprint density at radius 3 is 2.65 bits per heavy atom. The van der Waals surface area contributed by atoms with Gasteiger partial charge in [0.05, 0.1) is 4.92 Å². The number of anilines is 2. The summed E-state index contributed by atoms with van der Waals surface area (Å²) >= 11 is 0. The van der Waals surface area contributed by atoms with Crippen LogP contribution in [0.1, 0.15) is 16.8 Å². The van der Waals surface area contributed by atoms with E-state index < -0.39 is 4.92 Å². The number of aromatic nitrogens is 2. The third-order valence-electron chi connectivity index (χ3n) is 2.97. The van der Waals surface area contributed by atoms with Crippen LogP contribution in [0.5, 0.6) is 0 Å². The van der Waals surface area contributed by atoms with Crippen LogP contribution in [0.25, 0.3) is 0 Å². The van der Waals surface area contributed by atoms with Crippen molar-refractivity contribution < 1.29 is 4.92 Å². The second kappa shape index (κ2) is 5.52. The van der Waals surface area contributed by atoms with Crippen LogP contribution in [0.2, 0.25) is 0 Å². The molecule has 2 aromatic rings. The Kier molecular flexibility index (Phi) is 3.79. The summed E-state index contributed by atoms with van der Waals surface area (Å²) in [6.07, 6.45) is 0. The maximum atomic E-state index is 11.1. The molecule has 1 heterocycles. The van der Waals surface area contributed by atoms with Gasteiger partial charge in [0.25, 0.3) is 0 Å². The normalized spacial score (nSPS) is 10.3. The molecule has 20 heavy (non-hydrogen) atoms. The molecule has 0 saturated heterocycles. The minimum absolute atomic E-state index is 0.0142. The summed E-state index contributed by atoms with van der Waals surface area (Å²) in [6, 6.07) is 7.78. The summed E-state index contributed by atoms with van der Waals surface area (Å²) < 4.78 is 0. The standard InChI is InChI=1S/C13H15N5O2/c1-8-5-3-4-6-10(8)7-15-12-11(18(19)20)9(2)16-13(14)17-12/h3-6H,7H2,1-2H3,(H3,14,15,16,17). The van der Waals surface area contributed by atoms with Crippen molar-refractivity contribution in [2.45, 2.75) is 20.4 Å². The van der Waals surface area contributed by atoms with E-state index in [2.05, 4.69) is 15.3 Å². The van der Waals surface area contributed by atoms with Crippen molar-refractivity contribution in [1.29, 1.82) is 0 Å². The second-order valence-electron chi connectivity index (χ2n) is 4.40. The molecular weight excluding hydrogens is 258 g/mol. The molecule has 0 unspecified atom stereocenters. The first kappa shape index (κ1) is 13.7. The molecule has 0 aliphatic carbocycles. The molecule has 1 aromatic carbocycles. The van der Waals surface area contributed by atoms with Crippen LogP contribution in [0.15, 0.2) is 24.3 Å². The Balaban J connectivity index is 2.30. The van der Waals surface area contributed by atoms with Gasteiger partial charge in [-0.25, -0.2) is 4.98 Å². The smallest absolute Gasteiger partial charge is 0.332 e. The average molecular weight is 273 g/mol. The van der Waals surface area contributed by atoms with Crippen LogP contribution in [-0.4, -0.2) is 14.9 Å². The van der Waals surface area contributed by atoms with Gasteiger partial charge in [0.2, 0.25) is 11.8 Å². The van der Waals surface area contributed by atoms with Crippen molar-refractivity contribution in [2.75, 3.05) is 11.1 Å². The van der Waals surface area contributed by atoms with E-state index in [4.69, 9.17) is 5.73 Å². The number of hydrogen-bond acceptors (Lipinski definition) is 6. The van der Waals surface area contributed by atoms with Crippen molar-refractivity contribution >= 4 is 17.5 Å². The third-order valence-corrected chi connectivity index (χ3v) is 2.97. The molecule has 0 aliphatic rings. The SMILES string of the molecule is Cc1ccccc1CNc1nc(N)nc(C)c1[N+](=O)[O-]. The molecule has 104 valence electrons. The monoisotopic (exact) mass is 273 g/mol. The van der Waals surface area contributed by atoms with Crippen molar-refractivity contribution in [3.63, 3.8) is 0 Å². The summed E-state index contributed by atoms with van der Waals surface area (Å²) in [5.74, 6) is 0.156. The van der Waals surface area contributed by atoms with Gasteiger partial charge in [-0.05, 0) is 25.0 Å². The first-order valence-electron chi connectivity index (χ1n) is 6.06. The predicted molar refractivity (Wildman–Crippen MR) is 76.3 cm³/mol. The summed E-state index contributed by atoms with van der Waals surface area (Å²) in [5, 5.41) is 14.0. The quantitative estimate of drug-likeness (QED) is 0.653. The van der Waals surface area contributed by atoms with Gasteiger partial charge in [-0.15, -0.1) is 0 Å². The number of nitrogens with two attached hydrogens (primary N) is 1. The number of nitro groups is 1. The number of aryl methyl sites for hydroxylation is 2. The van der Waals surface area contributed by atoms with E-state index in [1.807, 2.05) is 31.2 Å². The average Bonchev–Trinajstić information content (AvgIpc) is 2.36. The highest BCUT2D eigenvalue weighted by Crippen LogP contribution is 2.26. The number of hydrogen-bond donors (Lipinski definition) is 2. The van der Waals surface area contributed by atoms with Crippen LogP contribution < -0.4 is 11.1 Å². The van der Waals surface area contributed by atoms with Gasteiger partial charge in [-0.2, -0.15) is 4.98 Å². The molecule has 0 radical (unpaired) electrons. The van der Waals surface area contributed by atoms with Gasteiger partial charge < -0.3 is 11.1 Å². The fraction of sp³-hybridized carbons (Fsp3) is 0.231. The van der Waals surface area contributed by atoms with Crippen LogP contribution >= 0.6 is 0 Å².